The minimum absolute atomic E-state index is 0.222. The Morgan fingerprint density at radius 1 is 1.30 bits per heavy atom. The van der Waals surface area contributed by atoms with Gasteiger partial charge in [0.2, 0.25) is 0 Å². The number of thiocarbonyl (C=S) groups is 1. The van der Waals surface area contributed by atoms with E-state index in [1.54, 1.807) is 6.07 Å². The fraction of sp³-hybridized carbons (Fsp3) is 0.556. The van der Waals surface area contributed by atoms with Crippen LogP contribution in [-0.4, -0.2) is 23.7 Å². The van der Waals surface area contributed by atoms with Crippen molar-refractivity contribution in [2.75, 3.05) is 6.61 Å². The van der Waals surface area contributed by atoms with Crippen LogP contribution >= 0.6 is 12.2 Å². The highest BCUT2D eigenvalue weighted by Crippen LogP contribution is 2.19. The van der Waals surface area contributed by atoms with Crippen LogP contribution in [-0.2, 0) is 0 Å². The SMILES string of the molecule is CC(C)CCOc1ccccc1C(=O)NC(=S)NC1CCCC1. The Morgan fingerprint density at radius 2 is 2.00 bits per heavy atom. The summed E-state index contributed by atoms with van der Waals surface area (Å²) < 4.78 is 5.76. The van der Waals surface area contributed by atoms with E-state index in [-0.39, 0.29) is 5.91 Å². The fourth-order valence-electron chi connectivity index (χ4n) is 2.65. The van der Waals surface area contributed by atoms with Crippen LogP contribution in [0.1, 0.15) is 56.3 Å². The standard InChI is InChI=1S/C18H26N2O2S/c1-13(2)11-12-22-16-10-6-5-9-15(16)17(21)20-18(23)19-14-7-3-4-8-14/h5-6,9-10,13-14H,3-4,7-8,11-12H2,1-2H3,(H2,19,20,21,23). The van der Waals surface area contributed by atoms with Crippen molar-refractivity contribution < 1.29 is 9.53 Å². The number of ether oxygens (including phenoxy) is 1. The van der Waals surface area contributed by atoms with Crippen molar-refractivity contribution in [3.8, 4) is 5.75 Å². The van der Waals surface area contributed by atoms with Crippen molar-refractivity contribution in [3.05, 3.63) is 29.8 Å². The van der Waals surface area contributed by atoms with Gasteiger partial charge in [0.1, 0.15) is 5.75 Å². The quantitative estimate of drug-likeness (QED) is 0.780. The number of nitrogens with one attached hydrogen (secondary N) is 2. The minimum Gasteiger partial charge on any atom is -0.493 e. The van der Waals surface area contributed by atoms with Crippen molar-refractivity contribution in [1.82, 2.24) is 10.6 Å². The lowest BCUT2D eigenvalue weighted by Crippen LogP contribution is -2.43. The third-order valence-corrected chi connectivity index (χ3v) is 4.22. The lowest BCUT2D eigenvalue weighted by molar-refractivity contribution is 0.0972. The maximum Gasteiger partial charge on any atom is 0.261 e. The number of rotatable bonds is 6. The second-order valence-corrected chi connectivity index (χ2v) is 6.84. The van der Waals surface area contributed by atoms with Crippen LogP contribution in [0.2, 0.25) is 0 Å². The van der Waals surface area contributed by atoms with Crippen molar-refractivity contribution in [2.45, 2.75) is 52.0 Å². The van der Waals surface area contributed by atoms with Crippen molar-refractivity contribution >= 4 is 23.2 Å². The summed E-state index contributed by atoms with van der Waals surface area (Å²) in [4.78, 5) is 12.4. The Labute approximate surface area is 144 Å². The number of amides is 1. The maximum atomic E-state index is 12.4. The van der Waals surface area contributed by atoms with Crippen LogP contribution in [0.25, 0.3) is 0 Å². The Hall–Kier alpha value is -1.62. The predicted molar refractivity (Wildman–Crippen MR) is 96.8 cm³/mol. The first-order valence-corrected chi connectivity index (χ1v) is 8.80. The minimum atomic E-state index is -0.222. The molecule has 0 radical (unpaired) electrons. The van der Waals surface area contributed by atoms with E-state index >= 15 is 0 Å². The zero-order valence-corrected chi connectivity index (χ0v) is 14.7. The second kappa shape index (κ2) is 8.87. The summed E-state index contributed by atoms with van der Waals surface area (Å²) in [5.41, 5.74) is 0.520. The Balaban J connectivity index is 1.91. The van der Waals surface area contributed by atoms with Crippen LogP contribution < -0.4 is 15.4 Å². The highest BCUT2D eigenvalue weighted by molar-refractivity contribution is 7.80. The molecule has 0 heterocycles. The number of carbonyl (C=O) groups is 1. The molecule has 1 fully saturated rings. The largest absolute Gasteiger partial charge is 0.493 e. The molecular formula is C18H26N2O2S. The average molecular weight is 334 g/mol. The van der Waals surface area contributed by atoms with Crippen molar-refractivity contribution in [2.24, 2.45) is 5.92 Å². The van der Waals surface area contributed by atoms with E-state index in [1.165, 1.54) is 12.8 Å². The molecule has 0 atom stereocenters. The van der Waals surface area contributed by atoms with E-state index in [0.29, 0.717) is 35.0 Å². The smallest absolute Gasteiger partial charge is 0.261 e. The Morgan fingerprint density at radius 3 is 2.70 bits per heavy atom. The van der Waals surface area contributed by atoms with Gasteiger partial charge in [-0.3, -0.25) is 10.1 Å². The van der Waals surface area contributed by atoms with Gasteiger partial charge in [0.15, 0.2) is 5.11 Å². The van der Waals surface area contributed by atoms with Gasteiger partial charge in [-0.05, 0) is 49.5 Å². The predicted octanol–water partition coefficient (Wildman–Crippen LogP) is 3.66. The molecule has 0 spiro atoms. The lowest BCUT2D eigenvalue weighted by Gasteiger charge is -2.16. The molecule has 1 aromatic rings. The van der Waals surface area contributed by atoms with Gasteiger partial charge in [-0.2, -0.15) is 0 Å². The Bertz CT molecular complexity index is 540. The van der Waals surface area contributed by atoms with Crippen molar-refractivity contribution in [3.63, 3.8) is 0 Å². The molecule has 1 saturated carbocycles. The molecule has 0 aliphatic heterocycles. The van der Waals surface area contributed by atoms with Crippen LogP contribution in [0.5, 0.6) is 5.75 Å². The zero-order chi connectivity index (χ0) is 16.7. The van der Waals surface area contributed by atoms with Gasteiger partial charge in [-0.1, -0.05) is 38.8 Å². The van der Waals surface area contributed by atoms with Crippen LogP contribution in [0.4, 0.5) is 0 Å². The summed E-state index contributed by atoms with van der Waals surface area (Å²) in [7, 11) is 0. The number of carbonyl (C=O) groups excluding carboxylic acids is 1. The molecule has 0 bridgehead atoms. The van der Waals surface area contributed by atoms with Crippen LogP contribution in [0, 0.1) is 5.92 Å². The van der Waals surface area contributed by atoms with E-state index in [4.69, 9.17) is 17.0 Å². The van der Waals surface area contributed by atoms with Crippen LogP contribution in [0.3, 0.4) is 0 Å². The molecule has 2 rings (SSSR count). The molecule has 1 amide bonds. The van der Waals surface area contributed by atoms with E-state index < -0.39 is 0 Å². The van der Waals surface area contributed by atoms with Gasteiger partial charge in [0.25, 0.3) is 5.91 Å². The molecule has 2 N–H and O–H groups in total. The molecule has 5 heteroatoms. The first-order chi connectivity index (χ1) is 11.1. The van der Waals surface area contributed by atoms with Crippen LogP contribution in [0.15, 0.2) is 24.3 Å². The van der Waals surface area contributed by atoms with Gasteiger partial charge < -0.3 is 10.1 Å². The van der Waals surface area contributed by atoms with Gasteiger partial charge in [0.05, 0.1) is 12.2 Å². The lowest BCUT2D eigenvalue weighted by atomic mass is 10.1. The molecule has 4 nitrogen and oxygen atoms in total. The number of hydrogen-bond acceptors (Lipinski definition) is 3. The number of benzene rings is 1. The van der Waals surface area contributed by atoms with Gasteiger partial charge in [-0.25, -0.2) is 0 Å². The van der Waals surface area contributed by atoms with Gasteiger partial charge in [-0.15, -0.1) is 0 Å². The topological polar surface area (TPSA) is 50.4 Å². The Kier molecular flexibility index (Phi) is 6.84. The highest BCUT2D eigenvalue weighted by atomic mass is 32.1. The summed E-state index contributed by atoms with van der Waals surface area (Å²) in [5, 5.41) is 6.38. The first kappa shape index (κ1) is 17.7. The zero-order valence-electron chi connectivity index (χ0n) is 13.9. The third kappa shape index (κ3) is 5.82. The number of hydrogen-bond donors (Lipinski definition) is 2. The molecule has 1 aliphatic rings. The molecule has 1 aliphatic carbocycles. The first-order valence-electron chi connectivity index (χ1n) is 8.40. The summed E-state index contributed by atoms with van der Waals surface area (Å²) in [6.07, 6.45) is 5.63. The second-order valence-electron chi connectivity index (χ2n) is 6.44. The highest BCUT2D eigenvalue weighted by Gasteiger charge is 2.18. The molecule has 126 valence electrons. The molecular weight excluding hydrogens is 308 g/mol. The number of para-hydroxylation sites is 1. The average Bonchev–Trinajstić information content (AvgIpc) is 3.00. The van der Waals surface area contributed by atoms with Crippen molar-refractivity contribution in [1.29, 1.82) is 0 Å². The van der Waals surface area contributed by atoms with Gasteiger partial charge >= 0.3 is 0 Å². The molecule has 1 aromatic carbocycles. The molecule has 23 heavy (non-hydrogen) atoms. The molecule has 0 unspecified atom stereocenters. The molecule has 0 aromatic heterocycles. The summed E-state index contributed by atoms with van der Waals surface area (Å²) in [6.45, 7) is 4.90. The monoisotopic (exact) mass is 334 g/mol. The van der Waals surface area contributed by atoms with E-state index in [2.05, 4.69) is 24.5 Å². The van der Waals surface area contributed by atoms with E-state index in [9.17, 15) is 4.79 Å². The summed E-state index contributed by atoms with van der Waals surface area (Å²) >= 11 is 5.25. The summed E-state index contributed by atoms with van der Waals surface area (Å²) in [5.74, 6) is 0.953. The summed E-state index contributed by atoms with van der Waals surface area (Å²) in [6, 6.07) is 7.68. The third-order valence-electron chi connectivity index (χ3n) is 4.00. The molecule has 0 saturated heterocycles. The van der Waals surface area contributed by atoms with Gasteiger partial charge in [0, 0.05) is 6.04 Å². The van der Waals surface area contributed by atoms with E-state index in [0.717, 1.165) is 19.3 Å². The maximum absolute atomic E-state index is 12.4. The fourth-order valence-corrected chi connectivity index (χ4v) is 2.91. The normalized spacial score (nSPS) is 14.7. The van der Waals surface area contributed by atoms with E-state index in [1.807, 2.05) is 18.2 Å².